The highest BCUT2D eigenvalue weighted by Crippen LogP contribution is 2.29. The lowest BCUT2D eigenvalue weighted by Gasteiger charge is -2.06. The number of hydrogen-bond donors (Lipinski definition) is 0. The molecule has 0 N–H and O–H groups in total. The van der Waals surface area contributed by atoms with Crippen LogP contribution in [0.5, 0.6) is 5.75 Å². The van der Waals surface area contributed by atoms with Crippen LogP contribution in [0.25, 0.3) is 0 Å². The number of rotatable bonds is 6. The van der Waals surface area contributed by atoms with Gasteiger partial charge in [0.25, 0.3) is 5.69 Å². The zero-order chi connectivity index (χ0) is 14.5. The van der Waals surface area contributed by atoms with Crippen LogP contribution in [0.2, 0.25) is 0 Å². The highest BCUT2D eigenvalue weighted by molar-refractivity contribution is 9.10. The topological polar surface area (TPSA) is 70.2 Å². The first-order chi connectivity index (χ1) is 9.61. The number of halogens is 1. The van der Waals surface area contributed by atoms with E-state index in [0.29, 0.717) is 10.2 Å². The van der Waals surface area contributed by atoms with Crippen molar-refractivity contribution in [2.24, 2.45) is 0 Å². The van der Waals surface area contributed by atoms with Crippen molar-refractivity contribution >= 4 is 21.6 Å². The van der Waals surface area contributed by atoms with Crippen LogP contribution >= 0.6 is 15.9 Å². The van der Waals surface area contributed by atoms with Gasteiger partial charge in [-0.1, -0.05) is 19.1 Å². The maximum absolute atomic E-state index is 10.8. The van der Waals surface area contributed by atoms with Crippen molar-refractivity contribution in [3.63, 3.8) is 0 Å². The molecule has 0 saturated heterocycles. The van der Waals surface area contributed by atoms with E-state index in [1.165, 1.54) is 6.07 Å². The molecule has 0 fully saturated rings. The minimum absolute atomic E-state index is 0.0350. The van der Waals surface area contributed by atoms with Gasteiger partial charge >= 0.3 is 0 Å². The summed E-state index contributed by atoms with van der Waals surface area (Å²) in [5.74, 6) is 0.650. The van der Waals surface area contributed by atoms with Gasteiger partial charge in [-0.3, -0.25) is 14.8 Å². The second-order valence-corrected chi connectivity index (χ2v) is 5.03. The maximum Gasteiger partial charge on any atom is 0.283 e. The molecule has 7 heteroatoms. The molecule has 0 bridgehead atoms. The standard InChI is InChI=1S/C13H14BrN3O3/c1-2-6-16-8-11(7-15-16)20-9-10-4-3-5-12(13(10)14)17(18)19/h3-5,7-8H,2,6,9H2,1H3. The van der Waals surface area contributed by atoms with E-state index >= 15 is 0 Å². The molecule has 0 aliphatic carbocycles. The van der Waals surface area contributed by atoms with Gasteiger partial charge in [-0.25, -0.2) is 0 Å². The summed E-state index contributed by atoms with van der Waals surface area (Å²) in [7, 11) is 0. The Morgan fingerprint density at radius 3 is 3.00 bits per heavy atom. The summed E-state index contributed by atoms with van der Waals surface area (Å²) in [5, 5.41) is 15.0. The summed E-state index contributed by atoms with van der Waals surface area (Å²) < 4.78 is 7.85. The molecule has 2 aromatic rings. The van der Waals surface area contributed by atoms with E-state index < -0.39 is 4.92 Å². The molecule has 2 rings (SSSR count). The van der Waals surface area contributed by atoms with E-state index in [1.807, 2.05) is 6.20 Å². The lowest BCUT2D eigenvalue weighted by molar-refractivity contribution is -0.385. The van der Waals surface area contributed by atoms with Gasteiger partial charge in [0.05, 0.1) is 17.3 Å². The highest BCUT2D eigenvalue weighted by Gasteiger charge is 2.15. The van der Waals surface area contributed by atoms with Crippen LogP contribution in [-0.4, -0.2) is 14.7 Å². The van der Waals surface area contributed by atoms with Gasteiger partial charge in [-0.15, -0.1) is 0 Å². The summed E-state index contributed by atoms with van der Waals surface area (Å²) >= 11 is 3.24. The van der Waals surface area contributed by atoms with Gasteiger partial charge in [-0.05, 0) is 22.4 Å². The Bertz CT molecular complexity index is 613. The SMILES string of the molecule is CCCn1cc(OCc2cccc([N+](=O)[O-])c2Br)cn1. The number of aromatic nitrogens is 2. The Morgan fingerprint density at radius 2 is 2.30 bits per heavy atom. The third-order valence-corrected chi connectivity index (χ3v) is 3.63. The van der Waals surface area contributed by atoms with Crippen LogP contribution in [0.15, 0.2) is 35.1 Å². The molecule has 0 radical (unpaired) electrons. The molecule has 0 saturated carbocycles. The van der Waals surface area contributed by atoms with E-state index in [-0.39, 0.29) is 12.3 Å². The lowest BCUT2D eigenvalue weighted by Crippen LogP contribution is -1.99. The first kappa shape index (κ1) is 14.5. The number of ether oxygens (including phenoxy) is 1. The van der Waals surface area contributed by atoms with Gasteiger partial charge in [-0.2, -0.15) is 5.10 Å². The van der Waals surface area contributed by atoms with Gasteiger partial charge in [0, 0.05) is 18.2 Å². The average Bonchev–Trinajstić information content (AvgIpc) is 2.85. The van der Waals surface area contributed by atoms with Gasteiger partial charge in [0.2, 0.25) is 0 Å². The molecular formula is C13H14BrN3O3. The van der Waals surface area contributed by atoms with E-state index in [9.17, 15) is 10.1 Å². The third-order valence-electron chi connectivity index (χ3n) is 2.71. The number of benzene rings is 1. The van der Waals surface area contributed by atoms with Crippen molar-refractivity contribution < 1.29 is 9.66 Å². The fourth-order valence-corrected chi connectivity index (χ4v) is 2.27. The van der Waals surface area contributed by atoms with Crippen LogP contribution < -0.4 is 4.74 Å². The molecule has 0 spiro atoms. The van der Waals surface area contributed by atoms with Crippen LogP contribution in [0.1, 0.15) is 18.9 Å². The van der Waals surface area contributed by atoms with E-state index in [2.05, 4.69) is 28.0 Å². The number of nitro benzene ring substituents is 1. The van der Waals surface area contributed by atoms with E-state index in [1.54, 1.807) is 23.0 Å². The Kier molecular flexibility index (Phi) is 4.73. The third kappa shape index (κ3) is 3.36. The van der Waals surface area contributed by atoms with Crippen LogP contribution in [0.3, 0.4) is 0 Å². The molecule has 0 atom stereocenters. The first-order valence-corrected chi connectivity index (χ1v) is 6.98. The normalized spacial score (nSPS) is 10.5. The molecule has 1 heterocycles. The fourth-order valence-electron chi connectivity index (χ4n) is 1.75. The summed E-state index contributed by atoms with van der Waals surface area (Å²) in [6.45, 7) is 3.16. The molecule has 0 aliphatic heterocycles. The van der Waals surface area contributed by atoms with Crippen molar-refractivity contribution in [3.05, 3.63) is 50.7 Å². The van der Waals surface area contributed by atoms with Crippen LogP contribution in [-0.2, 0) is 13.2 Å². The van der Waals surface area contributed by atoms with Gasteiger partial charge in [0.1, 0.15) is 11.1 Å². The molecule has 0 amide bonds. The summed E-state index contributed by atoms with van der Waals surface area (Å²) in [4.78, 5) is 10.4. The maximum atomic E-state index is 10.8. The Morgan fingerprint density at radius 1 is 1.50 bits per heavy atom. The monoisotopic (exact) mass is 339 g/mol. The van der Waals surface area contributed by atoms with Crippen molar-refractivity contribution in [3.8, 4) is 5.75 Å². The molecule has 0 unspecified atom stereocenters. The zero-order valence-electron chi connectivity index (χ0n) is 11.0. The summed E-state index contributed by atoms with van der Waals surface area (Å²) in [6, 6.07) is 4.88. The van der Waals surface area contributed by atoms with Crippen LogP contribution in [0.4, 0.5) is 5.69 Å². The number of aryl methyl sites for hydroxylation is 1. The van der Waals surface area contributed by atoms with Crippen molar-refractivity contribution in [2.45, 2.75) is 26.5 Å². The lowest BCUT2D eigenvalue weighted by atomic mass is 10.2. The Hall–Kier alpha value is -1.89. The second kappa shape index (κ2) is 6.51. The number of nitro groups is 1. The van der Waals surface area contributed by atoms with Gasteiger partial charge < -0.3 is 4.74 Å². The minimum Gasteiger partial charge on any atom is -0.486 e. The minimum atomic E-state index is -0.424. The molecule has 0 aliphatic rings. The van der Waals surface area contributed by atoms with Gasteiger partial charge in [0.15, 0.2) is 5.75 Å². The average molecular weight is 340 g/mol. The molecule has 6 nitrogen and oxygen atoms in total. The van der Waals surface area contributed by atoms with Crippen LogP contribution in [0, 0.1) is 10.1 Å². The van der Waals surface area contributed by atoms with Crippen molar-refractivity contribution in [1.82, 2.24) is 9.78 Å². The molecule has 1 aromatic carbocycles. The van der Waals surface area contributed by atoms with E-state index in [4.69, 9.17) is 4.74 Å². The highest BCUT2D eigenvalue weighted by atomic mass is 79.9. The Balaban J connectivity index is 2.06. The Labute approximate surface area is 124 Å². The molecule has 106 valence electrons. The molecule has 1 aromatic heterocycles. The summed E-state index contributed by atoms with van der Waals surface area (Å²) in [5.41, 5.74) is 0.759. The van der Waals surface area contributed by atoms with Crippen molar-refractivity contribution in [2.75, 3.05) is 0 Å². The number of nitrogens with zero attached hydrogens (tertiary/aromatic N) is 3. The molecular weight excluding hydrogens is 326 g/mol. The van der Waals surface area contributed by atoms with Crippen molar-refractivity contribution in [1.29, 1.82) is 0 Å². The smallest absolute Gasteiger partial charge is 0.283 e. The van der Waals surface area contributed by atoms with E-state index in [0.717, 1.165) is 18.5 Å². The quantitative estimate of drug-likeness (QED) is 0.596. The predicted octanol–water partition coefficient (Wildman–Crippen LogP) is 3.54. The first-order valence-electron chi connectivity index (χ1n) is 6.19. The summed E-state index contributed by atoms with van der Waals surface area (Å²) in [6.07, 6.45) is 4.45. The largest absolute Gasteiger partial charge is 0.486 e. The predicted molar refractivity (Wildman–Crippen MR) is 77.6 cm³/mol. The zero-order valence-corrected chi connectivity index (χ0v) is 12.5. The molecule has 20 heavy (non-hydrogen) atoms. The number of hydrogen-bond acceptors (Lipinski definition) is 4. The second-order valence-electron chi connectivity index (χ2n) is 4.24. The fraction of sp³-hybridized carbons (Fsp3) is 0.308.